The predicted molar refractivity (Wildman–Crippen MR) is 356 cm³/mol. The van der Waals surface area contributed by atoms with E-state index in [1.807, 2.05) is 60.7 Å². The summed E-state index contributed by atoms with van der Waals surface area (Å²) in [6.07, 6.45) is 11.0. The molecule has 0 bridgehead atoms. The summed E-state index contributed by atoms with van der Waals surface area (Å²) in [7, 11) is 1.69. The number of rotatable bonds is 28. The van der Waals surface area contributed by atoms with E-state index in [-0.39, 0.29) is 116 Å². The molecule has 0 aromatic heterocycles. The largest absolute Gasteiger partial charge is 0.352 e. The molecule has 0 radical (unpaired) electrons. The molecular weight excluding hydrogens is 1180 g/mol. The lowest BCUT2D eigenvalue weighted by Crippen LogP contribution is -2.58. The molecule has 4 aliphatic rings. The SMILES string of the molecule is CN[C@@H](C)C(=O)N[C@H](C(=O)N1C[C@@H](NC(C)=O)C[C@H]1CN(CCc1ccccc1)C(=O)CNC(=O)c1ccc(-c2ccc(C(=O)NCC(=O)N(CCc3ccccc3)C[C@@H]3C[C@H](NC(C)=O)CN3C(=O)[C@@H](NC(=O)C(C)C)C3CCCCC3)cc2)cc1)C1CCCCC1. The van der Waals surface area contributed by atoms with Gasteiger partial charge >= 0.3 is 0 Å². The first-order valence-corrected chi connectivity index (χ1v) is 33.6. The summed E-state index contributed by atoms with van der Waals surface area (Å²) in [5.74, 6) is -3.45. The lowest BCUT2D eigenvalue weighted by molar-refractivity contribution is -0.141. The molecule has 0 spiro atoms. The van der Waals surface area contributed by atoms with Gasteiger partial charge in [0, 0.05) is 82.2 Å². The maximum atomic E-state index is 14.8. The number of hydrogen-bond acceptors (Lipinski definition) is 11. The molecule has 4 aromatic rings. The molecule has 7 N–H and O–H groups in total. The van der Waals surface area contributed by atoms with Gasteiger partial charge in [0.2, 0.25) is 47.3 Å². The van der Waals surface area contributed by atoms with Gasteiger partial charge in [-0.3, -0.25) is 47.9 Å². The van der Waals surface area contributed by atoms with Crippen molar-refractivity contribution in [3.05, 3.63) is 131 Å². The van der Waals surface area contributed by atoms with Crippen molar-refractivity contribution in [1.82, 2.24) is 56.8 Å². The number of nitrogens with zero attached hydrogens (tertiary/aromatic N) is 4. The van der Waals surface area contributed by atoms with Crippen LogP contribution in [0.3, 0.4) is 0 Å². The Bertz CT molecular complexity index is 3190. The summed E-state index contributed by atoms with van der Waals surface area (Å²) in [6, 6.07) is 29.4. The Balaban J connectivity index is 0.903. The number of carbonyl (C=O) groups is 10. The quantitative estimate of drug-likeness (QED) is 0.0370. The topological polar surface area (TPSA) is 268 Å². The van der Waals surface area contributed by atoms with Gasteiger partial charge < -0.3 is 56.8 Å². The number of nitrogens with one attached hydrogen (secondary N) is 7. The molecule has 8 rings (SSSR count). The van der Waals surface area contributed by atoms with Gasteiger partial charge in [-0.2, -0.15) is 0 Å². The van der Waals surface area contributed by atoms with Gasteiger partial charge in [-0.25, -0.2) is 0 Å². The molecule has 2 saturated heterocycles. The van der Waals surface area contributed by atoms with Crippen molar-refractivity contribution < 1.29 is 47.9 Å². The smallest absolute Gasteiger partial charge is 0.251 e. The highest BCUT2D eigenvalue weighted by Crippen LogP contribution is 2.32. The molecule has 2 heterocycles. The molecule has 2 saturated carbocycles. The van der Waals surface area contributed by atoms with Crippen molar-refractivity contribution >= 4 is 59.1 Å². The molecular formula is C72H97N11O10. The second-order valence-corrected chi connectivity index (χ2v) is 26.2. The highest BCUT2D eigenvalue weighted by Gasteiger charge is 2.45. The van der Waals surface area contributed by atoms with E-state index >= 15 is 0 Å². The Morgan fingerprint density at radius 1 is 0.495 bits per heavy atom. The summed E-state index contributed by atoms with van der Waals surface area (Å²) >= 11 is 0. The van der Waals surface area contributed by atoms with Crippen molar-refractivity contribution in [2.75, 3.05) is 59.4 Å². The van der Waals surface area contributed by atoms with Crippen molar-refractivity contribution in [2.45, 2.75) is 167 Å². The fraction of sp³-hybridized carbons (Fsp3) is 0.528. The zero-order valence-electron chi connectivity index (χ0n) is 55.1. The maximum Gasteiger partial charge on any atom is 0.251 e. The second kappa shape index (κ2) is 34.4. The molecule has 2 aliphatic heterocycles. The van der Waals surface area contributed by atoms with Gasteiger partial charge in [0.05, 0.1) is 31.2 Å². The second-order valence-electron chi connectivity index (χ2n) is 26.2. The number of benzene rings is 4. The van der Waals surface area contributed by atoms with Crippen molar-refractivity contribution in [3.8, 4) is 11.1 Å². The highest BCUT2D eigenvalue weighted by molar-refractivity contribution is 5.98. The van der Waals surface area contributed by atoms with Crippen LogP contribution < -0.4 is 37.2 Å². The molecule has 93 heavy (non-hydrogen) atoms. The standard InChI is InChI=1S/C72H97N11O10/c1-47(2)67(88)78-65(55-23-15-9-16-24-55)71(92)82-43-59(76-49(4)84)39-61(82)45-80(37-35-51-19-11-7-12-20-51)63(86)41-74-69(90)57-31-27-53(28-32-57)54-29-33-58(34-30-54)70(91)75-42-64(87)81(38-36-52-21-13-8-14-22-52)46-62-40-60(77-50(5)85)44-83(62)72(93)66(56-25-17-10-18-26-56)79-68(89)48(3)73-6/h7-8,11-14,19-22,27-34,47-48,55-56,59-62,65-66,73H,9-10,15-18,23-26,35-46H2,1-6H3,(H,74,90)(H,75,91)(H,76,84)(H,77,85)(H,78,88)(H,79,89)/t48-,59-,60-,61-,62-,65-,66-/m0/s1. The average Bonchev–Trinajstić information content (AvgIpc) is 1.86. The average molecular weight is 1280 g/mol. The predicted octanol–water partition coefficient (Wildman–Crippen LogP) is 5.56. The minimum Gasteiger partial charge on any atom is -0.352 e. The lowest BCUT2D eigenvalue weighted by Gasteiger charge is -2.37. The summed E-state index contributed by atoms with van der Waals surface area (Å²) in [5.41, 5.74) is 4.16. The van der Waals surface area contributed by atoms with E-state index in [4.69, 9.17) is 0 Å². The molecule has 4 fully saturated rings. The molecule has 21 nitrogen and oxygen atoms in total. The van der Waals surface area contributed by atoms with Crippen LogP contribution in [0.1, 0.15) is 144 Å². The zero-order chi connectivity index (χ0) is 66.6. The number of hydrogen-bond donors (Lipinski definition) is 7. The van der Waals surface area contributed by atoms with E-state index in [1.165, 1.54) is 13.8 Å². The van der Waals surface area contributed by atoms with Crippen LogP contribution in [0.15, 0.2) is 109 Å². The third-order valence-corrected chi connectivity index (χ3v) is 19.0. The first kappa shape index (κ1) is 70.4. The Kier molecular flexibility index (Phi) is 26.1. The monoisotopic (exact) mass is 1280 g/mol. The van der Waals surface area contributed by atoms with Gasteiger partial charge in [-0.05, 0) is 124 Å². The molecule has 500 valence electrons. The third kappa shape index (κ3) is 20.3. The van der Waals surface area contributed by atoms with E-state index in [0.29, 0.717) is 49.9 Å². The van der Waals surface area contributed by atoms with Crippen molar-refractivity contribution in [1.29, 1.82) is 0 Å². The minimum atomic E-state index is -0.774. The zero-order valence-corrected chi connectivity index (χ0v) is 55.1. The van der Waals surface area contributed by atoms with Gasteiger partial charge in [0.25, 0.3) is 11.8 Å². The van der Waals surface area contributed by atoms with Gasteiger partial charge in [-0.15, -0.1) is 0 Å². The lowest BCUT2D eigenvalue weighted by atomic mass is 9.83. The first-order chi connectivity index (χ1) is 44.7. The van der Waals surface area contributed by atoms with Crippen LogP contribution in [-0.4, -0.2) is 180 Å². The number of likely N-dealkylation sites (tertiary alicyclic amines) is 2. The third-order valence-electron chi connectivity index (χ3n) is 19.0. The van der Waals surface area contributed by atoms with Crippen molar-refractivity contribution in [3.63, 3.8) is 0 Å². The van der Waals surface area contributed by atoms with E-state index in [1.54, 1.807) is 95.9 Å². The van der Waals surface area contributed by atoms with Gasteiger partial charge in [0.15, 0.2) is 0 Å². The maximum absolute atomic E-state index is 14.8. The van der Waals surface area contributed by atoms with Crippen LogP contribution in [0.2, 0.25) is 0 Å². The minimum absolute atomic E-state index is 0.0346. The Morgan fingerprint density at radius 3 is 1.23 bits per heavy atom. The summed E-state index contributed by atoms with van der Waals surface area (Å²) < 4.78 is 0. The normalized spacial score (nSPS) is 19.3. The van der Waals surface area contributed by atoms with E-state index in [0.717, 1.165) is 86.5 Å². The number of likely N-dealkylation sites (N-methyl/N-ethyl adjacent to an activating group) is 1. The van der Waals surface area contributed by atoms with E-state index < -0.39 is 42.0 Å². The highest BCUT2D eigenvalue weighted by atomic mass is 16.2. The van der Waals surface area contributed by atoms with Crippen LogP contribution in [0, 0.1) is 17.8 Å². The molecule has 7 atom stereocenters. The van der Waals surface area contributed by atoms with Crippen LogP contribution in [0.25, 0.3) is 11.1 Å². The van der Waals surface area contributed by atoms with Crippen molar-refractivity contribution in [2.24, 2.45) is 17.8 Å². The Labute approximate surface area is 548 Å². The summed E-state index contributed by atoms with van der Waals surface area (Å²) in [6.45, 7) is 8.90. The van der Waals surface area contributed by atoms with Gasteiger partial charge in [0.1, 0.15) is 12.1 Å². The van der Waals surface area contributed by atoms with Crippen LogP contribution in [0.4, 0.5) is 0 Å². The van der Waals surface area contributed by atoms with Crippen LogP contribution in [-0.2, 0) is 51.2 Å². The Hall–Kier alpha value is -8.46. The van der Waals surface area contributed by atoms with E-state index in [2.05, 4.69) is 37.2 Å². The summed E-state index contributed by atoms with van der Waals surface area (Å²) in [5, 5.41) is 20.7. The van der Waals surface area contributed by atoms with E-state index in [9.17, 15) is 47.9 Å². The van der Waals surface area contributed by atoms with Crippen LogP contribution in [0.5, 0.6) is 0 Å². The number of carbonyl (C=O) groups excluding carboxylic acids is 10. The molecule has 4 aromatic carbocycles. The molecule has 0 unspecified atom stereocenters. The first-order valence-electron chi connectivity index (χ1n) is 33.6. The van der Waals surface area contributed by atoms with Gasteiger partial charge in [-0.1, -0.05) is 137 Å². The molecule has 10 amide bonds. The molecule has 2 aliphatic carbocycles. The van der Waals surface area contributed by atoms with Crippen LogP contribution >= 0.6 is 0 Å². The molecule has 21 heteroatoms. The summed E-state index contributed by atoms with van der Waals surface area (Å²) in [4.78, 5) is 144. The fourth-order valence-electron chi connectivity index (χ4n) is 13.6. The Morgan fingerprint density at radius 2 is 0.871 bits per heavy atom. The fourth-order valence-corrected chi connectivity index (χ4v) is 13.6. The number of amides is 10.